The zero-order chi connectivity index (χ0) is 15.1. The topological polar surface area (TPSA) is 38.1 Å². The van der Waals surface area contributed by atoms with Crippen LogP contribution in [0.3, 0.4) is 0 Å². The lowest BCUT2D eigenvalue weighted by Crippen LogP contribution is -2.26. The van der Waals surface area contributed by atoms with E-state index in [-0.39, 0.29) is 18.0 Å². The van der Waals surface area contributed by atoms with Gasteiger partial charge in [0.2, 0.25) is 0 Å². The number of rotatable bonds is 3. The Bertz CT molecular complexity index is 675. The first-order chi connectivity index (χ1) is 10.8. The summed E-state index contributed by atoms with van der Waals surface area (Å²) in [6, 6.07) is 5.23. The van der Waals surface area contributed by atoms with Crippen LogP contribution in [0.15, 0.2) is 30.7 Å². The summed E-state index contributed by atoms with van der Waals surface area (Å²) in [4.78, 5) is 4.17. The van der Waals surface area contributed by atoms with Crippen molar-refractivity contribution in [2.75, 3.05) is 0 Å². The summed E-state index contributed by atoms with van der Waals surface area (Å²) >= 11 is 0. The summed E-state index contributed by atoms with van der Waals surface area (Å²) in [6.07, 6.45) is 9.73. The van der Waals surface area contributed by atoms with Crippen molar-refractivity contribution in [3.8, 4) is 11.3 Å². The first-order valence-electron chi connectivity index (χ1n) is 8.24. The number of aliphatic hydroxyl groups is 1. The number of imidazole rings is 1. The second-order valence-electron chi connectivity index (χ2n) is 6.61. The van der Waals surface area contributed by atoms with Crippen LogP contribution in [0.5, 0.6) is 0 Å². The molecule has 1 aromatic heterocycles. The lowest BCUT2D eigenvalue weighted by molar-refractivity contribution is 0.0686. The monoisotopic (exact) mass is 300 g/mol. The van der Waals surface area contributed by atoms with Crippen molar-refractivity contribution in [3.63, 3.8) is 0 Å². The Morgan fingerprint density at radius 2 is 2.09 bits per heavy atom. The third-order valence-electron chi connectivity index (χ3n) is 5.32. The molecule has 0 bridgehead atoms. The maximum absolute atomic E-state index is 14.2. The molecule has 1 aliphatic heterocycles. The minimum absolute atomic E-state index is 0.000117. The molecule has 22 heavy (non-hydrogen) atoms. The van der Waals surface area contributed by atoms with E-state index in [4.69, 9.17) is 0 Å². The van der Waals surface area contributed by atoms with E-state index in [2.05, 4.69) is 4.98 Å². The summed E-state index contributed by atoms with van der Waals surface area (Å²) in [6.45, 7) is 0. The fraction of sp³-hybridized carbons (Fsp3) is 0.500. The smallest absolute Gasteiger partial charge is 0.132 e. The highest BCUT2D eigenvalue weighted by Gasteiger charge is 2.34. The van der Waals surface area contributed by atoms with Gasteiger partial charge in [0, 0.05) is 5.56 Å². The van der Waals surface area contributed by atoms with Gasteiger partial charge in [-0.05, 0) is 36.8 Å². The van der Waals surface area contributed by atoms with Crippen molar-refractivity contribution in [3.05, 3.63) is 42.1 Å². The molecule has 2 heterocycles. The molecule has 1 fully saturated rings. The van der Waals surface area contributed by atoms with Crippen LogP contribution in [0, 0.1) is 11.7 Å². The van der Waals surface area contributed by atoms with Gasteiger partial charge in [-0.2, -0.15) is 0 Å². The van der Waals surface area contributed by atoms with Crippen LogP contribution >= 0.6 is 0 Å². The van der Waals surface area contributed by atoms with Crippen LogP contribution < -0.4 is 0 Å². The quantitative estimate of drug-likeness (QED) is 0.933. The van der Waals surface area contributed by atoms with Gasteiger partial charge < -0.3 is 9.67 Å². The Morgan fingerprint density at radius 1 is 1.27 bits per heavy atom. The molecular weight excluding hydrogens is 279 g/mol. The van der Waals surface area contributed by atoms with Gasteiger partial charge in [-0.25, -0.2) is 9.37 Å². The number of halogens is 1. The number of aromatic nitrogens is 2. The van der Waals surface area contributed by atoms with Gasteiger partial charge >= 0.3 is 0 Å². The van der Waals surface area contributed by atoms with E-state index < -0.39 is 0 Å². The second kappa shape index (κ2) is 5.51. The van der Waals surface area contributed by atoms with Gasteiger partial charge in [0.1, 0.15) is 5.82 Å². The van der Waals surface area contributed by atoms with E-state index in [1.165, 1.54) is 25.3 Å². The predicted octanol–water partition coefficient (Wildman–Crippen LogP) is 3.92. The van der Waals surface area contributed by atoms with E-state index in [0.717, 1.165) is 24.1 Å². The molecule has 1 saturated carbocycles. The van der Waals surface area contributed by atoms with Crippen LogP contribution in [0.2, 0.25) is 0 Å². The van der Waals surface area contributed by atoms with Crippen molar-refractivity contribution in [2.24, 2.45) is 5.92 Å². The SMILES string of the molecule is OC(CC1c2cccc(F)c2-c2cncn21)C1CCCCC1. The van der Waals surface area contributed by atoms with Gasteiger partial charge in [0.15, 0.2) is 0 Å². The number of nitrogens with zero attached hydrogens (tertiary/aromatic N) is 2. The van der Waals surface area contributed by atoms with Crippen molar-refractivity contribution >= 4 is 0 Å². The van der Waals surface area contributed by atoms with Crippen molar-refractivity contribution in [1.82, 2.24) is 9.55 Å². The summed E-state index contributed by atoms with van der Waals surface area (Å²) in [5.74, 6) is 0.187. The molecule has 116 valence electrons. The average molecular weight is 300 g/mol. The highest BCUT2D eigenvalue weighted by molar-refractivity contribution is 5.69. The molecular formula is C18H21FN2O. The molecule has 1 N–H and O–H groups in total. The van der Waals surface area contributed by atoms with Crippen LogP contribution in [0.25, 0.3) is 11.3 Å². The van der Waals surface area contributed by atoms with Crippen molar-refractivity contribution in [2.45, 2.75) is 50.7 Å². The molecule has 0 amide bonds. The first kappa shape index (κ1) is 13.9. The van der Waals surface area contributed by atoms with E-state index in [0.29, 0.717) is 17.9 Å². The third-order valence-corrected chi connectivity index (χ3v) is 5.32. The number of hydrogen-bond donors (Lipinski definition) is 1. The predicted molar refractivity (Wildman–Crippen MR) is 83.0 cm³/mol. The van der Waals surface area contributed by atoms with Crippen LogP contribution in [0.4, 0.5) is 4.39 Å². The summed E-state index contributed by atoms with van der Waals surface area (Å²) < 4.78 is 16.2. The second-order valence-corrected chi connectivity index (χ2v) is 6.61. The normalized spacial score (nSPS) is 22.4. The molecule has 3 nitrogen and oxygen atoms in total. The molecule has 2 aliphatic rings. The largest absolute Gasteiger partial charge is 0.393 e. The molecule has 1 aliphatic carbocycles. The van der Waals surface area contributed by atoms with E-state index >= 15 is 0 Å². The number of benzene rings is 1. The zero-order valence-corrected chi connectivity index (χ0v) is 12.6. The molecule has 1 aromatic carbocycles. The molecule has 2 aromatic rings. The Kier molecular flexibility index (Phi) is 3.49. The Balaban J connectivity index is 1.64. The van der Waals surface area contributed by atoms with Gasteiger partial charge in [0.05, 0.1) is 30.4 Å². The molecule has 0 spiro atoms. The van der Waals surface area contributed by atoms with Gasteiger partial charge in [0.25, 0.3) is 0 Å². The molecule has 2 unspecified atom stereocenters. The van der Waals surface area contributed by atoms with E-state index in [9.17, 15) is 9.50 Å². The number of aliphatic hydroxyl groups excluding tert-OH is 1. The van der Waals surface area contributed by atoms with Gasteiger partial charge in [-0.3, -0.25) is 0 Å². The van der Waals surface area contributed by atoms with Gasteiger partial charge in [-0.1, -0.05) is 31.4 Å². The van der Waals surface area contributed by atoms with Crippen molar-refractivity contribution < 1.29 is 9.50 Å². The fourth-order valence-corrected chi connectivity index (χ4v) is 4.17. The molecule has 0 saturated heterocycles. The van der Waals surface area contributed by atoms with E-state index in [1.807, 2.05) is 10.6 Å². The Labute approximate surface area is 129 Å². The highest BCUT2D eigenvalue weighted by atomic mass is 19.1. The summed E-state index contributed by atoms with van der Waals surface area (Å²) in [7, 11) is 0. The molecule has 4 rings (SSSR count). The molecule has 4 heteroatoms. The lowest BCUT2D eigenvalue weighted by atomic mass is 9.82. The lowest BCUT2D eigenvalue weighted by Gasteiger charge is -2.29. The Morgan fingerprint density at radius 3 is 2.91 bits per heavy atom. The fourth-order valence-electron chi connectivity index (χ4n) is 4.17. The number of fused-ring (bicyclic) bond motifs is 3. The maximum atomic E-state index is 14.2. The first-order valence-corrected chi connectivity index (χ1v) is 8.24. The third kappa shape index (κ3) is 2.17. The van der Waals surface area contributed by atoms with Gasteiger partial charge in [-0.15, -0.1) is 0 Å². The molecule has 0 radical (unpaired) electrons. The highest BCUT2D eigenvalue weighted by Crippen LogP contribution is 2.43. The zero-order valence-electron chi connectivity index (χ0n) is 12.6. The van der Waals surface area contributed by atoms with Crippen LogP contribution in [-0.4, -0.2) is 20.8 Å². The maximum Gasteiger partial charge on any atom is 0.132 e. The summed E-state index contributed by atoms with van der Waals surface area (Å²) in [5.41, 5.74) is 2.46. The summed E-state index contributed by atoms with van der Waals surface area (Å²) in [5, 5.41) is 10.7. The minimum atomic E-state index is -0.324. The van der Waals surface area contributed by atoms with Crippen molar-refractivity contribution in [1.29, 1.82) is 0 Å². The number of hydrogen-bond acceptors (Lipinski definition) is 2. The van der Waals surface area contributed by atoms with Crippen LogP contribution in [0.1, 0.15) is 50.1 Å². The standard InChI is InChI=1S/C18H21FN2O/c19-14-8-4-7-13-15(21-11-20-10-16(21)18(13)14)9-17(22)12-5-2-1-3-6-12/h4,7-8,10-12,15,17,22H,1-3,5-6,9H2. The van der Waals surface area contributed by atoms with Crippen LogP contribution in [-0.2, 0) is 0 Å². The average Bonchev–Trinajstić information content (AvgIpc) is 3.11. The van der Waals surface area contributed by atoms with E-state index in [1.54, 1.807) is 18.6 Å². The molecule has 2 atom stereocenters. The minimum Gasteiger partial charge on any atom is -0.393 e. The Hall–Kier alpha value is -1.68.